The summed E-state index contributed by atoms with van der Waals surface area (Å²) in [4.78, 5) is 13.3. The van der Waals surface area contributed by atoms with E-state index in [-0.39, 0.29) is 0 Å². The van der Waals surface area contributed by atoms with Crippen molar-refractivity contribution < 1.29 is 4.79 Å². The fraction of sp³-hybridized carbons (Fsp3) is 0.0870. The number of carbonyl (C=O) groups excluding carboxylic acids is 1. The van der Waals surface area contributed by atoms with Gasteiger partial charge in [0.1, 0.15) is 6.29 Å². The second-order valence-corrected chi connectivity index (χ2v) is 6.51. The van der Waals surface area contributed by atoms with Gasteiger partial charge in [0.05, 0.1) is 0 Å². The summed E-state index contributed by atoms with van der Waals surface area (Å²) < 4.78 is 0. The molecular formula is C23H19NO. The van der Waals surface area contributed by atoms with Gasteiger partial charge in [-0.1, -0.05) is 48.5 Å². The van der Waals surface area contributed by atoms with Crippen LogP contribution in [0.15, 0.2) is 66.7 Å². The van der Waals surface area contributed by atoms with Gasteiger partial charge in [-0.2, -0.15) is 0 Å². The molecule has 2 heteroatoms. The van der Waals surface area contributed by atoms with E-state index in [9.17, 15) is 4.79 Å². The van der Waals surface area contributed by atoms with Crippen molar-refractivity contribution >= 4 is 23.6 Å². The summed E-state index contributed by atoms with van der Waals surface area (Å²) in [6, 6.07) is 22.8. The van der Waals surface area contributed by atoms with Gasteiger partial charge in [-0.15, -0.1) is 0 Å². The summed E-state index contributed by atoms with van der Waals surface area (Å²) in [6.45, 7) is 0. The molecule has 0 amide bonds. The first-order valence-corrected chi connectivity index (χ1v) is 8.36. The van der Waals surface area contributed by atoms with Crippen LogP contribution in [0.2, 0.25) is 0 Å². The van der Waals surface area contributed by atoms with E-state index < -0.39 is 0 Å². The largest absolute Gasteiger partial charge is 0.378 e. The van der Waals surface area contributed by atoms with Gasteiger partial charge in [-0.05, 0) is 57.7 Å². The summed E-state index contributed by atoms with van der Waals surface area (Å²) in [5.41, 5.74) is 8.98. The number of nitrogens with zero attached hydrogens (tertiary/aromatic N) is 1. The maximum atomic E-state index is 11.2. The first kappa shape index (κ1) is 15.4. The number of carbonyl (C=O) groups is 1. The Balaban J connectivity index is 1.87. The molecular weight excluding hydrogens is 306 g/mol. The van der Waals surface area contributed by atoms with Crippen LogP contribution in [0.25, 0.3) is 22.8 Å². The molecule has 0 atom stereocenters. The zero-order chi connectivity index (χ0) is 17.4. The first-order chi connectivity index (χ1) is 12.2. The Bertz CT molecular complexity index is 981. The fourth-order valence-electron chi connectivity index (χ4n) is 3.38. The topological polar surface area (TPSA) is 20.3 Å². The predicted molar refractivity (Wildman–Crippen MR) is 105 cm³/mol. The van der Waals surface area contributed by atoms with E-state index >= 15 is 0 Å². The Hall–Kier alpha value is -3.13. The van der Waals surface area contributed by atoms with Crippen molar-refractivity contribution in [2.75, 3.05) is 19.0 Å². The Morgan fingerprint density at radius 2 is 1.36 bits per heavy atom. The van der Waals surface area contributed by atoms with Crippen LogP contribution in [-0.4, -0.2) is 20.4 Å². The third kappa shape index (κ3) is 2.66. The molecule has 4 rings (SSSR count). The average Bonchev–Trinajstić information content (AvgIpc) is 2.95. The van der Waals surface area contributed by atoms with E-state index in [1.54, 1.807) is 0 Å². The standard InChI is InChI=1S/C23H19NO/c1-24(2)18-10-7-16(8-11-18)13-22-20-6-4-3-5-19(20)21-12-9-17(15-25)14-23(21)22/h3-15H,1-2H3/b22-13+. The number of fused-ring (bicyclic) bond motifs is 3. The van der Waals surface area contributed by atoms with Gasteiger partial charge in [0.2, 0.25) is 0 Å². The minimum atomic E-state index is 0.709. The van der Waals surface area contributed by atoms with Crippen LogP contribution in [0.3, 0.4) is 0 Å². The van der Waals surface area contributed by atoms with Crippen LogP contribution in [0.4, 0.5) is 5.69 Å². The van der Waals surface area contributed by atoms with Crippen LogP contribution >= 0.6 is 0 Å². The summed E-state index contributed by atoms with van der Waals surface area (Å²) in [5, 5.41) is 0. The number of benzene rings is 3. The zero-order valence-corrected chi connectivity index (χ0v) is 14.4. The molecule has 0 aromatic heterocycles. The lowest BCUT2D eigenvalue weighted by atomic mass is 9.99. The van der Waals surface area contributed by atoms with Crippen LogP contribution < -0.4 is 4.90 Å². The highest BCUT2D eigenvalue weighted by molar-refractivity contribution is 6.07. The number of rotatable bonds is 3. The Labute approximate surface area is 148 Å². The minimum Gasteiger partial charge on any atom is -0.378 e. The van der Waals surface area contributed by atoms with Crippen molar-refractivity contribution in [1.82, 2.24) is 0 Å². The van der Waals surface area contributed by atoms with Gasteiger partial charge in [0.25, 0.3) is 0 Å². The van der Waals surface area contributed by atoms with Crippen molar-refractivity contribution in [1.29, 1.82) is 0 Å². The van der Waals surface area contributed by atoms with Crippen molar-refractivity contribution in [2.24, 2.45) is 0 Å². The molecule has 25 heavy (non-hydrogen) atoms. The summed E-state index contributed by atoms with van der Waals surface area (Å²) in [5.74, 6) is 0. The van der Waals surface area contributed by atoms with Crippen molar-refractivity contribution in [3.8, 4) is 11.1 Å². The maximum absolute atomic E-state index is 11.2. The smallest absolute Gasteiger partial charge is 0.150 e. The van der Waals surface area contributed by atoms with Gasteiger partial charge in [0, 0.05) is 25.3 Å². The van der Waals surface area contributed by atoms with E-state index in [1.807, 2.05) is 32.3 Å². The Kier molecular flexibility index (Phi) is 3.73. The highest BCUT2D eigenvalue weighted by Crippen LogP contribution is 2.45. The molecule has 0 radical (unpaired) electrons. The van der Waals surface area contributed by atoms with Gasteiger partial charge < -0.3 is 4.90 Å². The molecule has 0 aliphatic heterocycles. The normalized spacial score (nSPS) is 13.4. The molecule has 0 fully saturated rings. The Morgan fingerprint density at radius 1 is 0.720 bits per heavy atom. The van der Waals surface area contributed by atoms with E-state index in [4.69, 9.17) is 0 Å². The monoisotopic (exact) mass is 325 g/mol. The molecule has 3 aromatic carbocycles. The molecule has 0 heterocycles. The van der Waals surface area contributed by atoms with E-state index in [0.29, 0.717) is 5.56 Å². The number of anilines is 1. The van der Waals surface area contributed by atoms with Crippen LogP contribution in [0, 0.1) is 0 Å². The lowest BCUT2D eigenvalue weighted by Gasteiger charge is -2.12. The van der Waals surface area contributed by atoms with E-state index in [1.165, 1.54) is 28.0 Å². The summed E-state index contributed by atoms with van der Waals surface area (Å²) in [6.07, 6.45) is 3.12. The van der Waals surface area contributed by atoms with Crippen LogP contribution in [0.1, 0.15) is 27.0 Å². The third-order valence-electron chi connectivity index (χ3n) is 4.70. The number of hydrogen-bond acceptors (Lipinski definition) is 2. The highest BCUT2D eigenvalue weighted by Gasteiger charge is 2.23. The summed E-state index contributed by atoms with van der Waals surface area (Å²) in [7, 11) is 4.08. The van der Waals surface area contributed by atoms with Gasteiger partial charge in [0.15, 0.2) is 0 Å². The lowest BCUT2D eigenvalue weighted by molar-refractivity contribution is 0.112. The van der Waals surface area contributed by atoms with Crippen molar-refractivity contribution in [3.05, 3.63) is 89.0 Å². The van der Waals surface area contributed by atoms with Crippen molar-refractivity contribution in [3.63, 3.8) is 0 Å². The molecule has 0 bridgehead atoms. The molecule has 1 aliphatic carbocycles. The molecule has 0 N–H and O–H groups in total. The average molecular weight is 325 g/mol. The second-order valence-electron chi connectivity index (χ2n) is 6.51. The minimum absolute atomic E-state index is 0.709. The molecule has 0 saturated heterocycles. The quantitative estimate of drug-likeness (QED) is 0.486. The fourth-order valence-corrected chi connectivity index (χ4v) is 3.38. The molecule has 0 saturated carbocycles. The molecule has 1 aliphatic rings. The number of hydrogen-bond donors (Lipinski definition) is 0. The SMILES string of the molecule is CN(C)c1ccc(/C=C2\c3ccccc3-c3ccc(C=O)cc32)cc1. The zero-order valence-electron chi connectivity index (χ0n) is 14.4. The third-order valence-corrected chi connectivity index (χ3v) is 4.70. The molecule has 0 spiro atoms. The number of aldehydes is 1. The first-order valence-electron chi connectivity index (χ1n) is 8.36. The van der Waals surface area contributed by atoms with Crippen LogP contribution in [0.5, 0.6) is 0 Å². The molecule has 3 aromatic rings. The van der Waals surface area contributed by atoms with Gasteiger partial charge >= 0.3 is 0 Å². The van der Waals surface area contributed by atoms with Crippen LogP contribution in [-0.2, 0) is 0 Å². The Morgan fingerprint density at radius 3 is 2.04 bits per heavy atom. The highest BCUT2D eigenvalue weighted by atomic mass is 16.1. The summed E-state index contributed by atoms with van der Waals surface area (Å²) >= 11 is 0. The maximum Gasteiger partial charge on any atom is 0.150 e. The predicted octanol–water partition coefficient (Wildman–Crippen LogP) is 5.13. The van der Waals surface area contributed by atoms with E-state index in [0.717, 1.165) is 17.4 Å². The molecule has 0 unspecified atom stereocenters. The second kappa shape index (κ2) is 6.06. The van der Waals surface area contributed by atoms with Crippen molar-refractivity contribution in [2.45, 2.75) is 0 Å². The molecule has 122 valence electrons. The lowest BCUT2D eigenvalue weighted by Crippen LogP contribution is -2.07. The van der Waals surface area contributed by atoms with E-state index in [2.05, 4.69) is 59.5 Å². The van der Waals surface area contributed by atoms with Gasteiger partial charge in [-0.3, -0.25) is 4.79 Å². The van der Waals surface area contributed by atoms with Gasteiger partial charge in [-0.25, -0.2) is 0 Å². The molecule has 2 nitrogen and oxygen atoms in total.